The van der Waals surface area contributed by atoms with Crippen molar-refractivity contribution in [2.75, 3.05) is 18.9 Å². The first kappa shape index (κ1) is 22.8. The highest BCUT2D eigenvalue weighted by Gasteiger charge is 2.28. The number of rotatable bonds is 6. The van der Waals surface area contributed by atoms with Crippen molar-refractivity contribution < 1.29 is 9.59 Å². The summed E-state index contributed by atoms with van der Waals surface area (Å²) in [6.45, 7) is 2.47. The summed E-state index contributed by atoms with van der Waals surface area (Å²) in [7, 11) is 1.76. The fourth-order valence-electron chi connectivity index (χ4n) is 3.44. The van der Waals surface area contributed by atoms with Gasteiger partial charge in [0.05, 0.1) is 16.3 Å². The van der Waals surface area contributed by atoms with Gasteiger partial charge in [0.25, 0.3) is 11.8 Å². The molecule has 0 unspecified atom stereocenters. The van der Waals surface area contributed by atoms with E-state index >= 15 is 0 Å². The molecule has 1 aliphatic rings. The van der Waals surface area contributed by atoms with Gasteiger partial charge >= 0.3 is 0 Å². The average molecular weight is 537 g/mol. The molecular weight excluding hydrogens is 517 g/mol. The van der Waals surface area contributed by atoms with Crippen molar-refractivity contribution in [3.05, 3.63) is 68.0 Å². The van der Waals surface area contributed by atoms with Crippen LogP contribution >= 0.6 is 39.1 Å². The van der Waals surface area contributed by atoms with Crippen LogP contribution in [0.15, 0.2) is 41.1 Å². The molecule has 2 heterocycles. The van der Waals surface area contributed by atoms with Gasteiger partial charge in [0, 0.05) is 30.9 Å². The number of hydrogen-bond donors (Lipinski definition) is 1. The van der Waals surface area contributed by atoms with E-state index in [0.29, 0.717) is 49.7 Å². The molecule has 32 heavy (non-hydrogen) atoms. The molecule has 2 aromatic heterocycles. The van der Waals surface area contributed by atoms with E-state index in [9.17, 15) is 9.59 Å². The van der Waals surface area contributed by atoms with Crippen LogP contribution in [0.1, 0.15) is 39.3 Å². The lowest BCUT2D eigenvalue weighted by Gasteiger charge is -2.20. The molecule has 0 atom stereocenters. The molecule has 3 aromatic rings. The second-order valence-electron chi connectivity index (χ2n) is 7.80. The van der Waals surface area contributed by atoms with Gasteiger partial charge in [-0.1, -0.05) is 23.2 Å². The SMILES string of the molecule is Cc1cc(Cl)cc(C(=O)N(C)CC2CC2)c1NC(=O)c1cc(Br)nn1-c1ncccc1Cl. The van der Waals surface area contributed by atoms with E-state index in [1.54, 1.807) is 55.4 Å². The van der Waals surface area contributed by atoms with Gasteiger partial charge in [-0.15, -0.1) is 0 Å². The molecule has 1 aromatic carbocycles. The van der Waals surface area contributed by atoms with Crippen LogP contribution in [0.2, 0.25) is 10.0 Å². The number of amides is 2. The van der Waals surface area contributed by atoms with E-state index in [1.165, 1.54) is 4.68 Å². The number of aromatic nitrogens is 3. The van der Waals surface area contributed by atoms with Crippen LogP contribution in [0.3, 0.4) is 0 Å². The molecular formula is C22H20BrCl2N5O2. The zero-order valence-electron chi connectivity index (χ0n) is 17.4. The Morgan fingerprint density at radius 2 is 2.03 bits per heavy atom. The summed E-state index contributed by atoms with van der Waals surface area (Å²) in [5, 5.41) is 7.94. The van der Waals surface area contributed by atoms with Crippen LogP contribution < -0.4 is 5.32 Å². The molecule has 1 saturated carbocycles. The van der Waals surface area contributed by atoms with Gasteiger partial charge in [-0.25, -0.2) is 9.67 Å². The highest BCUT2D eigenvalue weighted by atomic mass is 79.9. The predicted octanol–water partition coefficient (Wildman–Crippen LogP) is 5.38. The molecule has 4 rings (SSSR count). The minimum Gasteiger partial charge on any atom is -0.341 e. The van der Waals surface area contributed by atoms with E-state index in [1.807, 2.05) is 0 Å². The third-order valence-electron chi connectivity index (χ3n) is 5.20. The maximum atomic E-state index is 13.3. The average Bonchev–Trinajstić information content (AvgIpc) is 3.47. The zero-order valence-corrected chi connectivity index (χ0v) is 20.5. The number of halogens is 3. The first-order valence-electron chi connectivity index (χ1n) is 9.98. The summed E-state index contributed by atoms with van der Waals surface area (Å²) in [5.74, 6) is 0.199. The van der Waals surface area contributed by atoms with Gasteiger partial charge in [0.1, 0.15) is 10.3 Å². The molecule has 7 nitrogen and oxygen atoms in total. The molecule has 166 valence electrons. The number of hydrogen-bond acceptors (Lipinski definition) is 4. The summed E-state index contributed by atoms with van der Waals surface area (Å²) < 4.78 is 1.80. The number of nitrogens with zero attached hydrogens (tertiary/aromatic N) is 4. The lowest BCUT2D eigenvalue weighted by Crippen LogP contribution is -2.30. The molecule has 0 bridgehead atoms. The highest BCUT2D eigenvalue weighted by molar-refractivity contribution is 9.10. The highest BCUT2D eigenvalue weighted by Crippen LogP contribution is 2.32. The van der Waals surface area contributed by atoms with E-state index in [2.05, 4.69) is 31.3 Å². The van der Waals surface area contributed by atoms with Gasteiger partial charge in [-0.3, -0.25) is 9.59 Å². The molecule has 1 N–H and O–H groups in total. The third-order valence-corrected chi connectivity index (χ3v) is 6.10. The Balaban J connectivity index is 1.69. The second kappa shape index (κ2) is 9.21. The van der Waals surface area contributed by atoms with Gasteiger partial charge < -0.3 is 10.2 Å². The summed E-state index contributed by atoms with van der Waals surface area (Å²) in [4.78, 5) is 32.3. The fourth-order valence-corrected chi connectivity index (χ4v) is 4.29. The van der Waals surface area contributed by atoms with E-state index in [0.717, 1.165) is 12.8 Å². The fraction of sp³-hybridized carbons (Fsp3) is 0.273. The van der Waals surface area contributed by atoms with Crippen molar-refractivity contribution in [1.29, 1.82) is 0 Å². The number of carbonyl (C=O) groups excluding carboxylic acids is 2. The Hall–Kier alpha value is -2.42. The van der Waals surface area contributed by atoms with E-state index in [4.69, 9.17) is 23.2 Å². The smallest absolute Gasteiger partial charge is 0.274 e. The van der Waals surface area contributed by atoms with E-state index in [-0.39, 0.29) is 11.6 Å². The van der Waals surface area contributed by atoms with Crippen LogP contribution in [-0.2, 0) is 0 Å². The lowest BCUT2D eigenvalue weighted by molar-refractivity contribution is 0.0789. The van der Waals surface area contributed by atoms with Gasteiger partial charge in [-0.05, 0) is 71.4 Å². The molecule has 0 spiro atoms. The summed E-state index contributed by atoms with van der Waals surface area (Å²) in [6, 6.07) is 8.21. The van der Waals surface area contributed by atoms with Crippen molar-refractivity contribution in [2.24, 2.45) is 5.92 Å². The Bertz CT molecular complexity index is 1210. The molecule has 1 fully saturated rings. The van der Waals surface area contributed by atoms with Crippen molar-refractivity contribution in [1.82, 2.24) is 19.7 Å². The number of nitrogens with one attached hydrogen (secondary N) is 1. The van der Waals surface area contributed by atoms with Crippen LogP contribution in [0.4, 0.5) is 5.69 Å². The summed E-state index contributed by atoms with van der Waals surface area (Å²) in [5.41, 5.74) is 1.63. The van der Waals surface area contributed by atoms with Gasteiger partial charge in [-0.2, -0.15) is 5.10 Å². The standard InChI is InChI=1S/C22H20BrCl2N5O2/c1-12-8-14(24)9-15(22(32)29(2)11-13-5-6-13)19(12)27-21(31)17-10-18(23)28-30(17)20-16(25)4-3-7-26-20/h3-4,7-10,13H,5-6,11H2,1-2H3,(H,27,31). The molecule has 0 aliphatic heterocycles. The van der Waals surface area contributed by atoms with Crippen molar-refractivity contribution in [3.8, 4) is 5.82 Å². The van der Waals surface area contributed by atoms with Crippen molar-refractivity contribution >= 4 is 56.6 Å². The summed E-state index contributed by atoms with van der Waals surface area (Å²) >= 11 is 15.8. The molecule has 0 radical (unpaired) electrons. The molecule has 10 heteroatoms. The topological polar surface area (TPSA) is 80.1 Å². The summed E-state index contributed by atoms with van der Waals surface area (Å²) in [6.07, 6.45) is 3.82. The van der Waals surface area contributed by atoms with Crippen LogP contribution in [-0.4, -0.2) is 45.1 Å². The Labute approximate surface area is 203 Å². The maximum Gasteiger partial charge on any atom is 0.274 e. The Kier molecular flexibility index (Phi) is 6.55. The van der Waals surface area contributed by atoms with E-state index < -0.39 is 5.91 Å². The van der Waals surface area contributed by atoms with Crippen LogP contribution in [0.25, 0.3) is 5.82 Å². The maximum absolute atomic E-state index is 13.3. The van der Waals surface area contributed by atoms with Gasteiger partial charge in [0.2, 0.25) is 0 Å². The lowest BCUT2D eigenvalue weighted by atomic mass is 10.1. The molecule has 0 saturated heterocycles. The van der Waals surface area contributed by atoms with Crippen molar-refractivity contribution in [3.63, 3.8) is 0 Å². The third kappa shape index (κ3) is 4.82. The Morgan fingerprint density at radius 3 is 2.72 bits per heavy atom. The minimum atomic E-state index is -0.464. The minimum absolute atomic E-state index is 0.194. The number of aryl methyl sites for hydroxylation is 1. The van der Waals surface area contributed by atoms with Crippen molar-refractivity contribution in [2.45, 2.75) is 19.8 Å². The number of anilines is 1. The number of benzene rings is 1. The molecule has 1 aliphatic carbocycles. The first-order valence-corrected chi connectivity index (χ1v) is 11.5. The first-order chi connectivity index (χ1) is 15.2. The normalized spacial score (nSPS) is 13.2. The van der Waals surface area contributed by atoms with Crippen LogP contribution in [0.5, 0.6) is 0 Å². The second-order valence-corrected chi connectivity index (χ2v) is 9.46. The quantitative estimate of drug-likeness (QED) is 0.458. The number of carbonyl (C=O) groups is 2. The Morgan fingerprint density at radius 1 is 1.28 bits per heavy atom. The zero-order chi connectivity index (χ0) is 23.0. The van der Waals surface area contributed by atoms with Gasteiger partial charge in [0.15, 0.2) is 5.82 Å². The largest absolute Gasteiger partial charge is 0.341 e. The van der Waals surface area contributed by atoms with Crippen LogP contribution in [0, 0.1) is 12.8 Å². The monoisotopic (exact) mass is 535 g/mol. The predicted molar refractivity (Wildman–Crippen MR) is 128 cm³/mol. The molecule has 2 amide bonds. The number of pyridine rings is 1.